The van der Waals surface area contributed by atoms with Crippen molar-refractivity contribution in [3.63, 3.8) is 0 Å². The van der Waals surface area contributed by atoms with Gasteiger partial charge in [0.1, 0.15) is 0 Å². The van der Waals surface area contributed by atoms with Gasteiger partial charge in [0.2, 0.25) is 11.8 Å². The van der Waals surface area contributed by atoms with Gasteiger partial charge < -0.3 is 15.5 Å². The first-order valence-corrected chi connectivity index (χ1v) is 8.31. The van der Waals surface area contributed by atoms with Crippen LogP contribution in [0.4, 0.5) is 18.9 Å². The zero-order chi connectivity index (χ0) is 18.4. The summed E-state index contributed by atoms with van der Waals surface area (Å²) in [5.74, 6) is -0.843. The minimum Gasteiger partial charge on any atom is -0.332 e. The van der Waals surface area contributed by atoms with Crippen molar-refractivity contribution in [2.45, 2.75) is 38.4 Å². The highest BCUT2D eigenvalue weighted by molar-refractivity contribution is 5.95. The van der Waals surface area contributed by atoms with E-state index in [2.05, 4.69) is 10.6 Å². The molecule has 0 bridgehead atoms. The van der Waals surface area contributed by atoms with Crippen molar-refractivity contribution in [2.24, 2.45) is 0 Å². The summed E-state index contributed by atoms with van der Waals surface area (Å²) >= 11 is 0. The number of benzene rings is 1. The molecule has 1 aliphatic rings. The van der Waals surface area contributed by atoms with Crippen molar-refractivity contribution in [3.05, 3.63) is 29.8 Å². The lowest BCUT2D eigenvalue weighted by Crippen LogP contribution is -2.50. The number of carbonyl (C=O) groups is 2. The fraction of sp³-hybridized carbons (Fsp3) is 0.529. The fourth-order valence-electron chi connectivity index (χ4n) is 2.83. The quantitative estimate of drug-likeness (QED) is 0.852. The number of amides is 2. The Balaban J connectivity index is 2.02. The Kier molecular flexibility index (Phi) is 6.41. The first kappa shape index (κ1) is 19.2. The second-order valence-electron chi connectivity index (χ2n) is 5.95. The number of nitrogens with zero attached hydrogens (tertiary/aromatic N) is 1. The molecule has 8 heteroatoms. The van der Waals surface area contributed by atoms with Crippen molar-refractivity contribution in [3.8, 4) is 0 Å². The normalized spacial score (nSPS) is 17.8. The molecule has 1 fully saturated rings. The molecule has 0 aliphatic carbocycles. The number of piperidine rings is 1. The van der Waals surface area contributed by atoms with Gasteiger partial charge in [0, 0.05) is 6.54 Å². The van der Waals surface area contributed by atoms with E-state index < -0.39 is 17.6 Å². The predicted molar refractivity (Wildman–Crippen MR) is 88.0 cm³/mol. The minimum atomic E-state index is -4.56. The minimum absolute atomic E-state index is 0.193. The molecule has 1 heterocycles. The smallest absolute Gasteiger partial charge is 0.332 e. The number of alkyl halides is 3. The maximum Gasteiger partial charge on any atom is 0.418 e. The number of hydrogen-bond donors (Lipinski definition) is 2. The van der Waals surface area contributed by atoms with Gasteiger partial charge in [-0.2, -0.15) is 13.2 Å². The summed E-state index contributed by atoms with van der Waals surface area (Å²) in [5.41, 5.74) is -1.22. The molecule has 1 unspecified atom stereocenters. The number of rotatable bonds is 5. The second-order valence-corrected chi connectivity index (χ2v) is 5.95. The molecule has 2 rings (SSSR count). The highest BCUT2D eigenvalue weighted by Gasteiger charge is 2.34. The third-order valence-corrected chi connectivity index (χ3v) is 4.14. The molecule has 1 aromatic carbocycles. The van der Waals surface area contributed by atoms with Gasteiger partial charge in [-0.15, -0.1) is 0 Å². The first-order valence-electron chi connectivity index (χ1n) is 8.31. The van der Waals surface area contributed by atoms with Gasteiger partial charge in [0.05, 0.1) is 23.8 Å². The second kappa shape index (κ2) is 8.33. The summed E-state index contributed by atoms with van der Waals surface area (Å²) < 4.78 is 38.9. The van der Waals surface area contributed by atoms with E-state index in [9.17, 15) is 22.8 Å². The average molecular weight is 357 g/mol. The van der Waals surface area contributed by atoms with Crippen LogP contribution in [0.25, 0.3) is 0 Å². The van der Waals surface area contributed by atoms with Crippen molar-refractivity contribution < 1.29 is 22.8 Å². The molecule has 1 aromatic rings. The van der Waals surface area contributed by atoms with Crippen LogP contribution in [0.2, 0.25) is 0 Å². The van der Waals surface area contributed by atoms with Gasteiger partial charge in [-0.25, -0.2) is 0 Å². The molecule has 1 aliphatic heterocycles. The highest BCUT2D eigenvalue weighted by Crippen LogP contribution is 2.34. The van der Waals surface area contributed by atoms with Gasteiger partial charge in [-0.1, -0.05) is 18.6 Å². The molecule has 0 radical (unpaired) electrons. The van der Waals surface area contributed by atoms with Crippen LogP contribution >= 0.6 is 0 Å². The Labute approximate surface area is 144 Å². The largest absolute Gasteiger partial charge is 0.418 e. The monoisotopic (exact) mass is 357 g/mol. The number of nitrogens with one attached hydrogen (secondary N) is 2. The first-order chi connectivity index (χ1) is 11.8. The molecular weight excluding hydrogens is 335 g/mol. The van der Waals surface area contributed by atoms with E-state index in [1.165, 1.54) is 23.1 Å². The number of hydrogen-bond acceptors (Lipinski definition) is 3. The van der Waals surface area contributed by atoms with Crippen LogP contribution in [0.3, 0.4) is 0 Å². The molecule has 0 saturated carbocycles. The van der Waals surface area contributed by atoms with Gasteiger partial charge in [0.25, 0.3) is 0 Å². The molecule has 2 N–H and O–H groups in total. The lowest BCUT2D eigenvalue weighted by Gasteiger charge is -2.29. The number of halogens is 3. The van der Waals surface area contributed by atoms with Crippen LogP contribution in [0, 0.1) is 0 Å². The number of para-hydroxylation sites is 1. The van der Waals surface area contributed by atoms with Gasteiger partial charge >= 0.3 is 6.18 Å². The maximum atomic E-state index is 13.0. The van der Waals surface area contributed by atoms with Crippen LogP contribution in [0.1, 0.15) is 31.7 Å². The predicted octanol–water partition coefficient (Wildman–Crippen LogP) is 2.63. The fourth-order valence-corrected chi connectivity index (χ4v) is 2.83. The molecule has 138 valence electrons. The average Bonchev–Trinajstić information content (AvgIpc) is 2.59. The van der Waals surface area contributed by atoms with Crippen molar-refractivity contribution in [1.82, 2.24) is 10.2 Å². The molecule has 1 saturated heterocycles. The molecular formula is C17H22F3N3O2. The van der Waals surface area contributed by atoms with E-state index in [0.29, 0.717) is 13.0 Å². The van der Waals surface area contributed by atoms with E-state index in [0.717, 1.165) is 25.5 Å². The summed E-state index contributed by atoms with van der Waals surface area (Å²) in [6.07, 6.45) is -1.92. The highest BCUT2D eigenvalue weighted by atomic mass is 19.4. The number of likely N-dealkylation sites (N-methyl/N-ethyl adjacent to an activating group) is 1. The summed E-state index contributed by atoms with van der Waals surface area (Å²) in [4.78, 5) is 26.0. The molecule has 2 amide bonds. The Morgan fingerprint density at radius 3 is 2.60 bits per heavy atom. The Bertz CT molecular complexity index is 613. The van der Waals surface area contributed by atoms with Crippen LogP contribution in [0.15, 0.2) is 24.3 Å². The summed E-state index contributed by atoms with van der Waals surface area (Å²) in [5, 5.41) is 5.38. The number of anilines is 1. The standard InChI is InChI=1S/C17H22F3N3O2/c1-2-23(16(25)14-9-5-6-10-21-14)11-15(24)22-13-8-4-3-7-12(13)17(18,19)20/h3-4,7-8,14,21H,2,5-6,9-11H2,1H3,(H,22,24). The van der Waals surface area contributed by atoms with Gasteiger partial charge in [0.15, 0.2) is 0 Å². The summed E-state index contributed by atoms with van der Waals surface area (Å²) in [6.45, 7) is 2.52. The zero-order valence-electron chi connectivity index (χ0n) is 14.0. The van der Waals surface area contributed by atoms with Crippen molar-refractivity contribution in [1.29, 1.82) is 0 Å². The van der Waals surface area contributed by atoms with Crippen LogP contribution in [-0.2, 0) is 15.8 Å². The summed E-state index contributed by atoms with van der Waals surface area (Å²) in [6, 6.07) is 4.45. The molecule has 0 spiro atoms. The third kappa shape index (κ3) is 5.19. The zero-order valence-corrected chi connectivity index (χ0v) is 14.0. The molecule has 25 heavy (non-hydrogen) atoms. The van der Waals surface area contributed by atoms with Crippen LogP contribution < -0.4 is 10.6 Å². The topological polar surface area (TPSA) is 61.4 Å². The lowest BCUT2D eigenvalue weighted by molar-refractivity contribution is -0.138. The Hall–Kier alpha value is -2.09. The van der Waals surface area contributed by atoms with Crippen LogP contribution in [-0.4, -0.2) is 42.4 Å². The molecule has 5 nitrogen and oxygen atoms in total. The lowest BCUT2D eigenvalue weighted by atomic mass is 10.0. The van der Waals surface area contributed by atoms with Crippen molar-refractivity contribution in [2.75, 3.05) is 25.0 Å². The molecule has 1 atom stereocenters. The van der Waals surface area contributed by atoms with Crippen LogP contribution in [0.5, 0.6) is 0 Å². The van der Waals surface area contributed by atoms with E-state index in [-0.39, 0.29) is 24.2 Å². The van der Waals surface area contributed by atoms with Gasteiger partial charge in [-0.05, 0) is 38.4 Å². The Morgan fingerprint density at radius 2 is 2.00 bits per heavy atom. The third-order valence-electron chi connectivity index (χ3n) is 4.14. The van der Waals surface area contributed by atoms with Crippen molar-refractivity contribution >= 4 is 17.5 Å². The SMILES string of the molecule is CCN(CC(=O)Nc1ccccc1C(F)(F)F)C(=O)C1CCCCN1. The molecule has 0 aromatic heterocycles. The van der Waals surface area contributed by atoms with Gasteiger partial charge in [-0.3, -0.25) is 9.59 Å². The van der Waals surface area contributed by atoms with E-state index in [1.807, 2.05) is 0 Å². The van der Waals surface area contributed by atoms with E-state index >= 15 is 0 Å². The Morgan fingerprint density at radius 1 is 1.28 bits per heavy atom. The van der Waals surface area contributed by atoms with E-state index in [4.69, 9.17) is 0 Å². The van der Waals surface area contributed by atoms with E-state index in [1.54, 1.807) is 6.92 Å². The number of carbonyl (C=O) groups excluding carboxylic acids is 2. The maximum absolute atomic E-state index is 13.0. The summed E-state index contributed by atoms with van der Waals surface area (Å²) in [7, 11) is 0.